The second-order valence-electron chi connectivity index (χ2n) is 7.35. The van der Waals surface area contributed by atoms with E-state index >= 15 is 0 Å². The summed E-state index contributed by atoms with van der Waals surface area (Å²) in [5.41, 5.74) is 3.58. The first-order chi connectivity index (χ1) is 16.0. The van der Waals surface area contributed by atoms with Gasteiger partial charge in [-0.3, -0.25) is 9.52 Å². The van der Waals surface area contributed by atoms with E-state index in [0.717, 1.165) is 22.2 Å². The number of fused-ring (bicyclic) bond motifs is 1. The molecule has 0 spiro atoms. The maximum absolute atomic E-state index is 13.1. The number of aromatic nitrogens is 1. The van der Waals surface area contributed by atoms with Crippen LogP contribution >= 0.6 is 11.3 Å². The number of sulfonamides is 1. The monoisotopic (exact) mass is 473 g/mol. The minimum atomic E-state index is -3.81. The average molecular weight is 474 g/mol. The smallest absolute Gasteiger partial charge is 0.267 e. The number of carbonyl (C=O) groups excluding carboxylic acids is 1. The van der Waals surface area contributed by atoms with Crippen LogP contribution in [-0.4, -0.2) is 19.3 Å². The van der Waals surface area contributed by atoms with Crippen molar-refractivity contribution in [1.29, 1.82) is 0 Å². The summed E-state index contributed by atoms with van der Waals surface area (Å²) in [4.78, 5) is 16.9. The fourth-order valence-corrected chi connectivity index (χ4v) is 5.50. The normalized spacial score (nSPS) is 11.4. The zero-order valence-electron chi connectivity index (χ0n) is 17.3. The highest BCUT2D eigenvalue weighted by atomic mass is 32.2. The molecule has 6 nitrogen and oxygen atoms in total. The number of aromatic amines is 1. The van der Waals surface area contributed by atoms with Gasteiger partial charge in [-0.2, -0.15) is 0 Å². The van der Waals surface area contributed by atoms with Gasteiger partial charge in [0.25, 0.3) is 15.9 Å². The van der Waals surface area contributed by atoms with Gasteiger partial charge in [-0.15, -0.1) is 11.3 Å². The molecule has 0 saturated heterocycles. The summed E-state index contributed by atoms with van der Waals surface area (Å²) in [6.45, 7) is 0. The highest BCUT2D eigenvalue weighted by molar-refractivity contribution is 7.92. The topological polar surface area (TPSA) is 91.1 Å². The first kappa shape index (κ1) is 21.0. The van der Waals surface area contributed by atoms with Crippen LogP contribution in [0.5, 0.6) is 0 Å². The third kappa shape index (κ3) is 4.26. The van der Waals surface area contributed by atoms with Crippen LogP contribution in [0.1, 0.15) is 9.67 Å². The van der Waals surface area contributed by atoms with Crippen molar-refractivity contribution in [2.24, 2.45) is 0 Å². The predicted octanol–water partition coefficient (Wildman–Crippen LogP) is 5.95. The number of carbonyl (C=O) groups is 1. The van der Waals surface area contributed by atoms with Crippen LogP contribution in [-0.2, 0) is 10.0 Å². The van der Waals surface area contributed by atoms with E-state index in [1.807, 2.05) is 54.6 Å². The van der Waals surface area contributed by atoms with E-state index in [2.05, 4.69) is 15.0 Å². The van der Waals surface area contributed by atoms with Crippen LogP contribution < -0.4 is 10.0 Å². The lowest BCUT2D eigenvalue weighted by Crippen LogP contribution is -2.17. The molecule has 0 aliphatic carbocycles. The maximum Gasteiger partial charge on any atom is 0.267 e. The SMILES string of the molecule is O=C(Nc1ccccc1-c1cc2ccccc2[nH]1)c1sccc1NS(=O)(=O)c1ccccc1. The van der Waals surface area contributed by atoms with E-state index < -0.39 is 10.0 Å². The van der Waals surface area contributed by atoms with Gasteiger partial charge < -0.3 is 10.3 Å². The number of hydrogen-bond acceptors (Lipinski definition) is 4. The molecule has 5 rings (SSSR count). The van der Waals surface area contributed by atoms with Crippen LogP contribution in [0.3, 0.4) is 0 Å². The van der Waals surface area contributed by atoms with Crippen molar-refractivity contribution < 1.29 is 13.2 Å². The Hall–Kier alpha value is -3.88. The van der Waals surface area contributed by atoms with Gasteiger partial charge in [-0.25, -0.2) is 8.42 Å². The van der Waals surface area contributed by atoms with E-state index in [1.165, 1.54) is 23.5 Å². The Morgan fingerprint density at radius 1 is 0.818 bits per heavy atom. The van der Waals surface area contributed by atoms with Crippen molar-refractivity contribution in [3.63, 3.8) is 0 Å². The molecule has 0 atom stereocenters. The molecule has 0 saturated carbocycles. The molecule has 5 aromatic rings. The summed E-state index contributed by atoms with van der Waals surface area (Å²) in [5, 5.41) is 5.69. The Morgan fingerprint density at radius 2 is 1.55 bits per heavy atom. The highest BCUT2D eigenvalue weighted by Crippen LogP contribution is 2.32. The number of thiophene rings is 1. The summed E-state index contributed by atoms with van der Waals surface area (Å²) >= 11 is 1.17. The summed E-state index contributed by atoms with van der Waals surface area (Å²) in [6.07, 6.45) is 0. The van der Waals surface area contributed by atoms with Gasteiger partial charge in [-0.1, -0.05) is 54.6 Å². The lowest BCUT2D eigenvalue weighted by molar-refractivity contribution is 0.103. The quantitative estimate of drug-likeness (QED) is 0.285. The minimum absolute atomic E-state index is 0.131. The Kier molecular flexibility index (Phi) is 5.45. The lowest BCUT2D eigenvalue weighted by Gasteiger charge is -2.12. The molecule has 2 heterocycles. The van der Waals surface area contributed by atoms with Crippen LogP contribution in [0.2, 0.25) is 0 Å². The summed E-state index contributed by atoms with van der Waals surface area (Å²) in [6, 6.07) is 27.1. The Balaban J connectivity index is 1.43. The molecule has 0 bridgehead atoms. The number of hydrogen-bond donors (Lipinski definition) is 3. The van der Waals surface area contributed by atoms with Gasteiger partial charge in [0.05, 0.1) is 16.3 Å². The Labute approximate surface area is 195 Å². The average Bonchev–Trinajstić information content (AvgIpc) is 3.46. The van der Waals surface area contributed by atoms with Crippen LogP contribution in [0.25, 0.3) is 22.2 Å². The first-order valence-corrected chi connectivity index (χ1v) is 12.5. The second-order valence-corrected chi connectivity index (χ2v) is 9.95. The van der Waals surface area contributed by atoms with Gasteiger partial charge in [-0.05, 0) is 41.8 Å². The van der Waals surface area contributed by atoms with E-state index in [4.69, 9.17) is 0 Å². The molecule has 0 unspecified atom stereocenters. The molecular formula is C25H19N3O3S2. The van der Waals surface area contributed by atoms with Gasteiger partial charge in [0.15, 0.2) is 0 Å². The fourth-order valence-electron chi connectivity index (χ4n) is 3.59. The number of benzene rings is 3. The Morgan fingerprint density at radius 3 is 2.36 bits per heavy atom. The lowest BCUT2D eigenvalue weighted by atomic mass is 10.1. The van der Waals surface area contributed by atoms with Crippen molar-refractivity contribution >= 4 is 49.5 Å². The van der Waals surface area contributed by atoms with Crippen molar-refractivity contribution in [3.05, 3.63) is 101 Å². The standard InChI is InChI=1S/C25H19N3O3S2/c29-25(24-22(14-15-32-24)28-33(30,31)18-9-2-1-3-10-18)27-21-13-7-5-11-19(21)23-16-17-8-4-6-12-20(17)26-23/h1-16,26,28H,(H,27,29). The number of amides is 1. The molecule has 0 aliphatic rings. The van der Waals surface area contributed by atoms with Crippen molar-refractivity contribution in [2.75, 3.05) is 10.0 Å². The van der Waals surface area contributed by atoms with Crippen molar-refractivity contribution in [3.8, 4) is 11.3 Å². The van der Waals surface area contributed by atoms with Gasteiger partial charge in [0.2, 0.25) is 0 Å². The molecule has 164 valence electrons. The van der Waals surface area contributed by atoms with Crippen LogP contribution in [0, 0.1) is 0 Å². The van der Waals surface area contributed by atoms with Gasteiger partial charge in [0.1, 0.15) is 4.88 Å². The molecule has 0 aliphatic heterocycles. The summed E-state index contributed by atoms with van der Waals surface area (Å²) in [5.74, 6) is -0.390. The molecule has 0 radical (unpaired) electrons. The number of H-pyrrole nitrogens is 1. The third-order valence-corrected chi connectivity index (χ3v) is 7.46. The zero-order valence-corrected chi connectivity index (χ0v) is 18.9. The molecule has 33 heavy (non-hydrogen) atoms. The fraction of sp³-hybridized carbons (Fsp3) is 0. The molecule has 1 amide bonds. The molecule has 3 aromatic carbocycles. The summed E-state index contributed by atoms with van der Waals surface area (Å²) in [7, 11) is -3.81. The van der Waals surface area contributed by atoms with Gasteiger partial charge in [0, 0.05) is 22.2 Å². The Bertz CT molecular complexity index is 1520. The maximum atomic E-state index is 13.1. The third-order valence-electron chi connectivity index (χ3n) is 5.16. The van der Waals surface area contributed by atoms with Crippen molar-refractivity contribution in [2.45, 2.75) is 4.90 Å². The molecule has 0 fully saturated rings. The summed E-state index contributed by atoms with van der Waals surface area (Å²) < 4.78 is 28.0. The minimum Gasteiger partial charge on any atom is -0.354 e. The molecular weight excluding hydrogens is 454 g/mol. The highest BCUT2D eigenvalue weighted by Gasteiger charge is 2.21. The van der Waals surface area contributed by atoms with Crippen LogP contribution in [0.15, 0.2) is 101 Å². The number of rotatable bonds is 6. The molecule has 2 aromatic heterocycles. The molecule has 3 N–H and O–H groups in total. The zero-order chi connectivity index (χ0) is 22.8. The van der Waals surface area contributed by atoms with Crippen LogP contribution in [0.4, 0.5) is 11.4 Å². The van der Waals surface area contributed by atoms with E-state index in [-0.39, 0.29) is 21.4 Å². The number of nitrogens with one attached hydrogen (secondary N) is 3. The number of para-hydroxylation sites is 2. The second kappa shape index (κ2) is 8.57. The first-order valence-electron chi connectivity index (χ1n) is 10.2. The van der Waals surface area contributed by atoms with Crippen molar-refractivity contribution in [1.82, 2.24) is 4.98 Å². The van der Waals surface area contributed by atoms with E-state index in [0.29, 0.717) is 5.69 Å². The van der Waals surface area contributed by atoms with Gasteiger partial charge >= 0.3 is 0 Å². The van der Waals surface area contributed by atoms with E-state index in [1.54, 1.807) is 29.6 Å². The predicted molar refractivity (Wildman–Crippen MR) is 133 cm³/mol. The van der Waals surface area contributed by atoms with E-state index in [9.17, 15) is 13.2 Å². The largest absolute Gasteiger partial charge is 0.354 e. The number of anilines is 2. The molecule has 8 heteroatoms.